The number of fused-ring (bicyclic) bond motifs is 1. The highest BCUT2D eigenvalue weighted by Crippen LogP contribution is 2.29. The maximum atomic E-state index is 12.4. The Balaban J connectivity index is 1.57. The summed E-state index contributed by atoms with van der Waals surface area (Å²) in [6.07, 6.45) is 3.79. The summed E-state index contributed by atoms with van der Waals surface area (Å²) in [4.78, 5) is 12.4. The number of urea groups is 1. The van der Waals surface area contributed by atoms with Crippen molar-refractivity contribution in [3.05, 3.63) is 71.3 Å². The van der Waals surface area contributed by atoms with Crippen LogP contribution in [0.5, 0.6) is 0 Å². The Morgan fingerprint density at radius 2 is 1.88 bits per heavy atom. The summed E-state index contributed by atoms with van der Waals surface area (Å²) < 4.78 is 0. The molecule has 0 saturated carbocycles. The number of aliphatic hydroxyl groups excluding tert-OH is 1. The lowest BCUT2D eigenvalue weighted by molar-refractivity contribution is 0.232. The van der Waals surface area contributed by atoms with Crippen molar-refractivity contribution in [3.8, 4) is 0 Å². The number of aliphatic hydroxyl groups is 1. The third-order valence-electron chi connectivity index (χ3n) is 4.93. The number of hydrogen-bond donors (Lipinski definition) is 3. The molecular formula is C21H26N2O2. The number of nitrogens with one attached hydrogen (secondary N) is 2. The number of amides is 2. The molecule has 0 aliphatic heterocycles. The van der Waals surface area contributed by atoms with Gasteiger partial charge in [0, 0.05) is 19.1 Å². The lowest BCUT2D eigenvalue weighted by Crippen LogP contribution is -2.40. The van der Waals surface area contributed by atoms with E-state index in [0.717, 1.165) is 24.8 Å². The zero-order chi connectivity index (χ0) is 17.5. The molecule has 2 amide bonds. The van der Waals surface area contributed by atoms with Crippen molar-refractivity contribution in [3.63, 3.8) is 0 Å². The molecule has 2 aromatic rings. The average molecular weight is 338 g/mol. The van der Waals surface area contributed by atoms with Gasteiger partial charge in [-0.05, 0) is 42.4 Å². The molecule has 0 fully saturated rings. The highest BCUT2D eigenvalue weighted by atomic mass is 16.3. The first-order chi connectivity index (χ1) is 12.3. The Hall–Kier alpha value is -2.33. The standard InChI is InChI=1S/C21H26N2O2/c24-14-13-18(16-7-2-1-3-8-16)15-22-21(25)23-20-12-6-10-17-9-4-5-11-19(17)20/h1-5,7-9,11,18,20,24H,6,10,12-15H2,(H2,22,23,25). The van der Waals surface area contributed by atoms with Gasteiger partial charge in [0.05, 0.1) is 6.04 Å². The van der Waals surface area contributed by atoms with Gasteiger partial charge in [-0.15, -0.1) is 0 Å². The highest BCUT2D eigenvalue weighted by Gasteiger charge is 2.21. The summed E-state index contributed by atoms with van der Waals surface area (Å²) in [5, 5.41) is 15.4. The van der Waals surface area contributed by atoms with Crippen LogP contribution in [-0.2, 0) is 6.42 Å². The van der Waals surface area contributed by atoms with Crippen LogP contribution in [-0.4, -0.2) is 24.3 Å². The number of aryl methyl sites for hydroxylation is 1. The molecule has 3 rings (SSSR count). The van der Waals surface area contributed by atoms with Crippen LogP contribution >= 0.6 is 0 Å². The number of rotatable bonds is 6. The molecule has 1 aliphatic rings. The minimum Gasteiger partial charge on any atom is -0.396 e. The number of benzene rings is 2. The van der Waals surface area contributed by atoms with Gasteiger partial charge in [-0.2, -0.15) is 0 Å². The second-order valence-electron chi connectivity index (χ2n) is 6.62. The van der Waals surface area contributed by atoms with E-state index in [1.54, 1.807) is 0 Å². The molecule has 0 heterocycles. The van der Waals surface area contributed by atoms with Gasteiger partial charge in [-0.3, -0.25) is 0 Å². The first-order valence-corrected chi connectivity index (χ1v) is 9.06. The summed E-state index contributed by atoms with van der Waals surface area (Å²) in [5.74, 6) is 0.121. The van der Waals surface area contributed by atoms with E-state index < -0.39 is 0 Å². The van der Waals surface area contributed by atoms with Crippen molar-refractivity contribution in [2.24, 2.45) is 0 Å². The Kier molecular flexibility index (Phi) is 6.07. The van der Waals surface area contributed by atoms with Gasteiger partial charge >= 0.3 is 6.03 Å². The number of carbonyl (C=O) groups is 1. The first kappa shape index (κ1) is 17.5. The summed E-state index contributed by atoms with van der Waals surface area (Å²) >= 11 is 0. The Bertz CT molecular complexity index is 687. The van der Waals surface area contributed by atoms with Crippen LogP contribution in [0.3, 0.4) is 0 Å². The molecule has 2 atom stereocenters. The molecule has 0 spiro atoms. The maximum Gasteiger partial charge on any atom is 0.315 e. The van der Waals surface area contributed by atoms with E-state index in [2.05, 4.69) is 28.8 Å². The van der Waals surface area contributed by atoms with Gasteiger partial charge in [-0.1, -0.05) is 54.6 Å². The fourth-order valence-electron chi connectivity index (χ4n) is 3.60. The van der Waals surface area contributed by atoms with Gasteiger partial charge < -0.3 is 15.7 Å². The number of carbonyl (C=O) groups excluding carboxylic acids is 1. The minimum absolute atomic E-state index is 0.0815. The van der Waals surface area contributed by atoms with E-state index in [4.69, 9.17) is 0 Å². The minimum atomic E-state index is -0.138. The van der Waals surface area contributed by atoms with Crippen molar-refractivity contribution in [1.29, 1.82) is 0 Å². The van der Waals surface area contributed by atoms with E-state index in [-0.39, 0.29) is 24.6 Å². The molecule has 0 aromatic heterocycles. The second kappa shape index (κ2) is 8.67. The van der Waals surface area contributed by atoms with Crippen molar-refractivity contribution >= 4 is 6.03 Å². The lowest BCUT2D eigenvalue weighted by Gasteiger charge is -2.27. The Labute approximate surface area is 149 Å². The summed E-state index contributed by atoms with van der Waals surface area (Å²) in [6, 6.07) is 18.3. The van der Waals surface area contributed by atoms with Crippen molar-refractivity contribution in [2.45, 2.75) is 37.6 Å². The average Bonchev–Trinajstić information content (AvgIpc) is 2.66. The smallest absolute Gasteiger partial charge is 0.315 e. The van der Waals surface area contributed by atoms with Gasteiger partial charge in [0.25, 0.3) is 0 Å². The van der Waals surface area contributed by atoms with Crippen LogP contribution in [0.1, 0.15) is 47.9 Å². The molecule has 3 N–H and O–H groups in total. The largest absolute Gasteiger partial charge is 0.396 e. The normalized spacial score (nSPS) is 17.4. The fourth-order valence-corrected chi connectivity index (χ4v) is 3.60. The Morgan fingerprint density at radius 1 is 1.12 bits per heavy atom. The summed E-state index contributed by atoms with van der Waals surface area (Å²) in [7, 11) is 0. The van der Waals surface area contributed by atoms with Gasteiger partial charge in [-0.25, -0.2) is 4.79 Å². The summed E-state index contributed by atoms with van der Waals surface area (Å²) in [5.41, 5.74) is 3.71. The van der Waals surface area contributed by atoms with Crippen LogP contribution in [0.15, 0.2) is 54.6 Å². The molecule has 25 heavy (non-hydrogen) atoms. The van der Waals surface area contributed by atoms with Crippen LogP contribution in [0.2, 0.25) is 0 Å². The van der Waals surface area contributed by atoms with Gasteiger partial charge in [0.15, 0.2) is 0 Å². The SMILES string of the molecule is O=C(NCC(CCO)c1ccccc1)NC1CCCc2ccccc21. The van der Waals surface area contributed by atoms with Gasteiger partial charge in [0.2, 0.25) is 0 Å². The Morgan fingerprint density at radius 3 is 2.68 bits per heavy atom. The van der Waals surface area contributed by atoms with Crippen molar-refractivity contribution < 1.29 is 9.90 Å². The predicted molar refractivity (Wildman–Crippen MR) is 99.5 cm³/mol. The second-order valence-corrected chi connectivity index (χ2v) is 6.62. The lowest BCUT2D eigenvalue weighted by atomic mass is 9.88. The third-order valence-corrected chi connectivity index (χ3v) is 4.93. The molecule has 1 aliphatic carbocycles. The zero-order valence-corrected chi connectivity index (χ0v) is 14.4. The predicted octanol–water partition coefficient (Wildman–Crippen LogP) is 3.53. The van der Waals surface area contributed by atoms with Crippen molar-refractivity contribution in [1.82, 2.24) is 10.6 Å². The first-order valence-electron chi connectivity index (χ1n) is 9.06. The summed E-state index contributed by atoms with van der Waals surface area (Å²) in [6.45, 7) is 0.629. The molecule has 2 unspecified atom stereocenters. The molecule has 2 aromatic carbocycles. The highest BCUT2D eigenvalue weighted by molar-refractivity contribution is 5.74. The third kappa shape index (κ3) is 4.60. The molecule has 0 bridgehead atoms. The van der Waals surface area contributed by atoms with E-state index in [1.807, 2.05) is 36.4 Å². The molecular weight excluding hydrogens is 312 g/mol. The fraction of sp³-hybridized carbons (Fsp3) is 0.381. The van der Waals surface area contributed by atoms with Crippen LogP contribution in [0, 0.1) is 0 Å². The van der Waals surface area contributed by atoms with Crippen molar-refractivity contribution in [2.75, 3.05) is 13.2 Å². The quantitative estimate of drug-likeness (QED) is 0.754. The molecule has 132 valence electrons. The maximum absolute atomic E-state index is 12.4. The van der Waals surface area contributed by atoms with Crippen LogP contribution in [0.4, 0.5) is 4.79 Å². The van der Waals surface area contributed by atoms with E-state index >= 15 is 0 Å². The number of hydrogen-bond acceptors (Lipinski definition) is 2. The van der Waals surface area contributed by atoms with E-state index in [9.17, 15) is 9.90 Å². The zero-order valence-electron chi connectivity index (χ0n) is 14.4. The molecule has 4 heteroatoms. The monoisotopic (exact) mass is 338 g/mol. The van der Waals surface area contributed by atoms with Crippen LogP contribution < -0.4 is 10.6 Å². The molecule has 0 radical (unpaired) electrons. The van der Waals surface area contributed by atoms with Crippen LogP contribution in [0.25, 0.3) is 0 Å². The van der Waals surface area contributed by atoms with Gasteiger partial charge in [0.1, 0.15) is 0 Å². The molecule has 4 nitrogen and oxygen atoms in total. The molecule has 0 saturated heterocycles. The van der Waals surface area contributed by atoms with E-state index in [0.29, 0.717) is 13.0 Å². The topological polar surface area (TPSA) is 61.4 Å². The van der Waals surface area contributed by atoms with E-state index in [1.165, 1.54) is 11.1 Å².